The average Bonchev–Trinajstić information content (AvgIpc) is 2.72. The predicted octanol–water partition coefficient (Wildman–Crippen LogP) is 1.75. The van der Waals surface area contributed by atoms with Gasteiger partial charge in [0.2, 0.25) is 17.7 Å². The van der Waals surface area contributed by atoms with E-state index < -0.39 is 12.0 Å². The number of anilines is 2. The van der Waals surface area contributed by atoms with Gasteiger partial charge in [-0.1, -0.05) is 26.8 Å². The Balaban J connectivity index is 1.95. The second kappa shape index (κ2) is 11.9. The van der Waals surface area contributed by atoms with E-state index >= 15 is 0 Å². The van der Waals surface area contributed by atoms with Crippen molar-refractivity contribution in [3.63, 3.8) is 0 Å². The molecule has 1 fully saturated rings. The molecule has 0 radical (unpaired) electrons. The quantitative estimate of drug-likeness (QED) is 0.485. The number of esters is 1. The summed E-state index contributed by atoms with van der Waals surface area (Å²) in [5.74, 6) is -1.04. The molecule has 1 saturated heterocycles. The molecule has 9 nitrogen and oxygen atoms in total. The summed E-state index contributed by atoms with van der Waals surface area (Å²) in [5, 5.41) is 8.53. The van der Waals surface area contributed by atoms with E-state index in [4.69, 9.17) is 4.74 Å². The van der Waals surface area contributed by atoms with Crippen LogP contribution in [0.4, 0.5) is 11.4 Å². The summed E-state index contributed by atoms with van der Waals surface area (Å²) in [6.07, 6.45) is 1.02. The molecule has 31 heavy (non-hydrogen) atoms. The van der Waals surface area contributed by atoms with E-state index in [9.17, 15) is 19.2 Å². The molecule has 1 unspecified atom stereocenters. The van der Waals surface area contributed by atoms with Crippen molar-refractivity contribution in [3.05, 3.63) is 24.3 Å². The first kappa shape index (κ1) is 24.2. The fraction of sp³-hybridized carbons (Fsp3) is 0.545. The normalized spacial score (nSPS) is 15.9. The maximum absolute atomic E-state index is 12.8. The SMILES string of the molecule is CCCC(=O)Nc1cccc(NCC(=O)N2CCNC(=O)C2CC(=O)OCC(C)C)c1. The van der Waals surface area contributed by atoms with E-state index in [0.717, 1.165) is 6.42 Å². The number of benzene rings is 1. The minimum Gasteiger partial charge on any atom is -0.465 e. The molecule has 1 aliphatic heterocycles. The molecule has 9 heteroatoms. The third-order valence-electron chi connectivity index (χ3n) is 4.66. The summed E-state index contributed by atoms with van der Waals surface area (Å²) in [4.78, 5) is 50.3. The molecule has 0 aliphatic carbocycles. The maximum atomic E-state index is 12.8. The summed E-state index contributed by atoms with van der Waals surface area (Å²) in [7, 11) is 0. The standard InChI is InChI=1S/C22H32N4O5/c1-4-6-19(27)25-17-8-5-7-16(11-17)24-13-20(28)26-10-9-23-22(30)18(26)12-21(29)31-14-15(2)3/h5,7-8,11,15,18,24H,4,6,9-10,12-14H2,1-3H3,(H,23,30)(H,25,27). The minimum absolute atomic E-state index is 0.0445. The summed E-state index contributed by atoms with van der Waals surface area (Å²) < 4.78 is 5.17. The summed E-state index contributed by atoms with van der Waals surface area (Å²) in [6.45, 7) is 6.66. The summed E-state index contributed by atoms with van der Waals surface area (Å²) in [5.41, 5.74) is 1.30. The first-order valence-corrected chi connectivity index (χ1v) is 10.7. The second-order valence-corrected chi connectivity index (χ2v) is 7.91. The van der Waals surface area contributed by atoms with Crippen LogP contribution in [0.2, 0.25) is 0 Å². The minimum atomic E-state index is -0.887. The van der Waals surface area contributed by atoms with Gasteiger partial charge >= 0.3 is 5.97 Å². The molecule has 0 spiro atoms. The van der Waals surface area contributed by atoms with Gasteiger partial charge in [0.05, 0.1) is 19.6 Å². The summed E-state index contributed by atoms with van der Waals surface area (Å²) in [6, 6.07) is 6.18. The van der Waals surface area contributed by atoms with Crippen molar-refractivity contribution in [2.45, 2.75) is 46.1 Å². The first-order chi connectivity index (χ1) is 14.8. The van der Waals surface area contributed by atoms with Crippen LogP contribution in [0.3, 0.4) is 0 Å². The molecular formula is C22H32N4O5. The third-order valence-corrected chi connectivity index (χ3v) is 4.66. The van der Waals surface area contributed by atoms with Crippen LogP contribution in [-0.4, -0.2) is 60.9 Å². The molecule has 170 valence electrons. The monoisotopic (exact) mass is 432 g/mol. The van der Waals surface area contributed by atoms with E-state index in [-0.39, 0.29) is 43.2 Å². The molecule has 0 aromatic heterocycles. The highest BCUT2D eigenvalue weighted by Crippen LogP contribution is 2.16. The molecular weight excluding hydrogens is 400 g/mol. The Hall–Kier alpha value is -3.10. The molecule has 1 aliphatic rings. The van der Waals surface area contributed by atoms with E-state index in [2.05, 4.69) is 16.0 Å². The molecule has 1 aromatic carbocycles. The van der Waals surface area contributed by atoms with Gasteiger partial charge in [-0.2, -0.15) is 0 Å². The van der Waals surface area contributed by atoms with Crippen molar-refractivity contribution >= 4 is 35.1 Å². The van der Waals surface area contributed by atoms with Gasteiger partial charge in [0.25, 0.3) is 0 Å². The number of hydrogen-bond acceptors (Lipinski definition) is 6. The second-order valence-electron chi connectivity index (χ2n) is 7.91. The Kier molecular flexibility index (Phi) is 9.30. The van der Waals surface area contributed by atoms with E-state index in [0.29, 0.717) is 30.9 Å². The van der Waals surface area contributed by atoms with Crippen LogP contribution in [0.15, 0.2) is 24.3 Å². The summed E-state index contributed by atoms with van der Waals surface area (Å²) >= 11 is 0. The molecule has 2 rings (SSSR count). The fourth-order valence-electron chi connectivity index (χ4n) is 3.13. The molecule has 1 atom stereocenters. The Labute approximate surface area is 182 Å². The van der Waals surface area contributed by atoms with Crippen LogP contribution in [0, 0.1) is 5.92 Å². The number of ether oxygens (including phenoxy) is 1. The zero-order valence-electron chi connectivity index (χ0n) is 18.4. The van der Waals surface area contributed by atoms with E-state index in [1.807, 2.05) is 20.8 Å². The number of piperazine rings is 1. The molecule has 3 N–H and O–H groups in total. The van der Waals surface area contributed by atoms with E-state index in [1.165, 1.54) is 4.90 Å². The first-order valence-electron chi connectivity index (χ1n) is 10.7. The van der Waals surface area contributed by atoms with Crippen molar-refractivity contribution < 1.29 is 23.9 Å². The molecule has 3 amide bonds. The topological polar surface area (TPSA) is 117 Å². The van der Waals surface area contributed by atoms with Crippen LogP contribution in [0.25, 0.3) is 0 Å². The van der Waals surface area contributed by atoms with Crippen molar-refractivity contribution in [1.82, 2.24) is 10.2 Å². The van der Waals surface area contributed by atoms with Gasteiger partial charge in [-0.05, 0) is 30.5 Å². The number of nitrogens with zero attached hydrogens (tertiary/aromatic N) is 1. The smallest absolute Gasteiger partial charge is 0.308 e. The van der Waals surface area contributed by atoms with Crippen molar-refractivity contribution in [3.8, 4) is 0 Å². The fourth-order valence-corrected chi connectivity index (χ4v) is 3.13. The average molecular weight is 433 g/mol. The van der Waals surface area contributed by atoms with Crippen LogP contribution >= 0.6 is 0 Å². The largest absolute Gasteiger partial charge is 0.465 e. The number of amides is 3. The molecule has 1 heterocycles. The highest BCUT2D eigenvalue weighted by atomic mass is 16.5. The van der Waals surface area contributed by atoms with Crippen molar-refractivity contribution in [2.75, 3.05) is 36.9 Å². The number of carbonyl (C=O) groups excluding carboxylic acids is 4. The zero-order valence-corrected chi connectivity index (χ0v) is 18.4. The van der Waals surface area contributed by atoms with Gasteiger partial charge in [0, 0.05) is 30.9 Å². The zero-order chi connectivity index (χ0) is 22.8. The Morgan fingerprint density at radius 3 is 2.71 bits per heavy atom. The molecule has 0 bridgehead atoms. The predicted molar refractivity (Wildman–Crippen MR) is 117 cm³/mol. The third kappa shape index (κ3) is 7.92. The van der Waals surface area contributed by atoms with Gasteiger partial charge in [0.1, 0.15) is 6.04 Å². The highest BCUT2D eigenvalue weighted by molar-refractivity contribution is 5.93. The van der Waals surface area contributed by atoms with Crippen molar-refractivity contribution in [1.29, 1.82) is 0 Å². The van der Waals surface area contributed by atoms with Crippen molar-refractivity contribution in [2.24, 2.45) is 5.92 Å². The lowest BCUT2D eigenvalue weighted by Crippen LogP contribution is -2.58. The Bertz CT molecular complexity index is 796. The molecule has 1 aromatic rings. The van der Waals surface area contributed by atoms with Crippen LogP contribution < -0.4 is 16.0 Å². The van der Waals surface area contributed by atoms with Gasteiger partial charge < -0.3 is 25.6 Å². The number of carbonyl (C=O) groups is 4. The molecule has 0 saturated carbocycles. The van der Waals surface area contributed by atoms with Crippen LogP contribution in [-0.2, 0) is 23.9 Å². The van der Waals surface area contributed by atoms with Gasteiger partial charge in [-0.15, -0.1) is 0 Å². The van der Waals surface area contributed by atoms with Gasteiger partial charge in [0.15, 0.2) is 0 Å². The van der Waals surface area contributed by atoms with Crippen LogP contribution in [0.1, 0.15) is 40.0 Å². The number of nitrogens with one attached hydrogen (secondary N) is 3. The lowest BCUT2D eigenvalue weighted by Gasteiger charge is -2.34. The van der Waals surface area contributed by atoms with Gasteiger partial charge in [-0.25, -0.2) is 0 Å². The Morgan fingerprint density at radius 1 is 1.26 bits per heavy atom. The van der Waals surface area contributed by atoms with Gasteiger partial charge in [-0.3, -0.25) is 19.2 Å². The number of rotatable bonds is 10. The maximum Gasteiger partial charge on any atom is 0.308 e. The highest BCUT2D eigenvalue weighted by Gasteiger charge is 2.35. The van der Waals surface area contributed by atoms with Crippen LogP contribution in [0.5, 0.6) is 0 Å². The van der Waals surface area contributed by atoms with E-state index in [1.54, 1.807) is 24.3 Å². The Morgan fingerprint density at radius 2 is 2.00 bits per heavy atom. The lowest BCUT2D eigenvalue weighted by molar-refractivity contribution is -0.152. The lowest BCUT2D eigenvalue weighted by atomic mass is 10.1. The number of hydrogen-bond donors (Lipinski definition) is 3.